The van der Waals surface area contributed by atoms with Crippen molar-refractivity contribution >= 4 is 0 Å². The van der Waals surface area contributed by atoms with E-state index in [1.807, 2.05) is 0 Å². The minimum Gasteiger partial charge on any atom is -0.203 e. The highest BCUT2D eigenvalue weighted by molar-refractivity contribution is 5.39. The Morgan fingerprint density at radius 2 is 1.50 bits per heavy atom. The molecule has 2 fully saturated rings. The average molecular weight is 359 g/mol. The van der Waals surface area contributed by atoms with Crippen LogP contribution in [-0.2, 0) is 0 Å². The lowest BCUT2D eigenvalue weighted by atomic mass is 9.68. The van der Waals surface area contributed by atoms with Crippen LogP contribution in [0, 0.1) is 41.2 Å². The van der Waals surface area contributed by atoms with Crippen molar-refractivity contribution in [2.45, 2.75) is 84.0 Å². The first-order valence-electron chi connectivity index (χ1n) is 10.5. The largest absolute Gasteiger partial charge is 0.203 e. The lowest BCUT2D eigenvalue weighted by molar-refractivity contribution is 0.156. The summed E-state index contributed by atoms with van der Waals surface area (Å²) in [5.74, 6) is 6.64. The molecule has 2 aliphatic rings. The fourth-order valence-corrected chi connectivity index (χ4v) is 5.37. The number of benzene rings is 1. The van der Waals surface area contributed by atoms with Gasteiger partial charge in [-0.05, 0) is 80.8 Å². The van der Waals surface area contributed by atoms with Gasteiger partial charge in [-0.15, -0.1) is 5.92 Å². The fourth-order valence-electron chi connectivity index (χ4n) is 5.37. The Morgan fingerprint density at radius 3 is 2.08 bits per heavy atom. The van der Waals surface area contributed by atoms with Crippen LogP contribution in [0.2, 0.25) is 0 Å². The summed E-state index contributed by atoms with van der Waals surface area (Å²) >= 11 is 0. The van der Waals surface area contributed by atoms with E-state index in [0.29, 0.717) is 5.56 Å². The minimum atomic E-state index is -0.770. The van der Waals surface area contributed by atoms with Crippen LogP contribution in [0.5, 0.6) is 0 Å². The second kappa shape index (κ2) is 9.03. The molecule has 0 spiro atoms. The van der Waals surface area contributed by atoms with Gasteiger partial charge in [0.25, 0.3) is 0 Å². The van der Waals surface area contributed by atoms with Crippen molar-refractivity contribution in [3.05, 3.63) is 34.9 Å². The SMILES string of the molecule is CC#Cc1ccc(C2CCC([C@H]3CC[C@H](CCC)CC3)CC2)c(F)c1F. The van der Waals surface area contributed by atoms with E-state index in [9.17, 15) is 8.78 Å². The molecule has 2 saturated carbocycles. The van der Waals surface area contributed by atoms with Crippen LogP contribution in [-0.4, -0.2) is 0 Å². The summed E-state index contributed by atoms with van der Waals surface area (Å²) < 4.78 is 28.7. The highest BCUT2D eigenvalue weighted by atomic mass is 19.2. The van der Waals surface area contributed by atoms with Crippen molar-refractivity contribution in [2.24, 2.45) is 17.8 Å². The topological polar surface area (TPSA) is 0 Å². The summed E-state index contributed by atoms with van der Waals surface area (Å²) in [5, 5.41) is 0. The third kappa shape index (κ3) is 4.30. The smallest absolute Gasteiger partial charge is 0.174 e. The van der Waals surface area contributed by atoms with Gasteiger partial charge in [-0.1, -0.05) is 44.6 Å². The van der Waals surface area contributed by atoms with E-state index in [1.54, 1.807) is 19.1 Å². The van der Waals surface area contributed by atoms with Gasteiger partial charge in [-0.2, -0.15) is 0 Å². The van der Waals surface area contributed by atoms with Gasteiger partial charge in [0, 0.05) is 0 Å². The number of hydrogen-bond donors (Lipinski definition) is 0. The Kier molecular flexibility index (Phi) is 6.74. The maximum absolute atomic E-state index is 14.5. The molecule has 2 heteroatoms. The zero-order chi connectivity index (χ0) is 18.5. The van der Waals surface area contributed by atoms with Gasteiger partial charge in [0.15, 0.2) is 11.6 Å². The number of rotatable bonds is 4. The molecule has 0 atom stereocenters. The van der Waals surface area contributed by atoms with E-state index in [1.165, 1.54) is 51.4 Å². The van der Waals surface area contributed by atoms with Crippen LogP contribution in [0.1, 0.15) is 95.1 Å². The predicted molar refractivity (Wildman–Crippen MR) is 104 cm³/mol. The third-order valence-electron chi connectivity index (χ3n) is 6.84. The van der Waals surface area contributed by atoms with Gasteiger partial charge in [-0.25, -0.2) is 8.78 Å². The molecule has 0 aromatic heterocycles. The van der Waals surface area contributed by atoms with Crippen molar-refractivity contribution < 1.29 is 8.78 Å². The van der Waals surface area contributed by atoms with Gasteiger partial charge in [0.2, 0.25) is 0 Å². The normalized spacial score (nSPS) is 29.1. The number of hydrogen-bond acceptors (Lipinski definition) is 0. The zero-order valence-corrected chi connectivity index (χ0v) is 16.3. The zero-order valence-electron chi connectivity index (χ0n) is 16.3. The molecular weight excluding hydrogens is 326 g/mol. The molecule has 2 aliphatic carbocycles. The van der Waals surface area contributed by atoms with E-state index in [0.717, 1.165) is 30.6 Å². The molecule has 0 unspecified atom stereocenters. The molecule has 0 nitrogen and oxygen atoms in total. The molecule has 0 N–H and O–H groups in total. The maximum Gasteiger partial charge on any atom is 0.174 e. The summed E-state index contributed by atoms with van der Waals surface area (Å²) in [6.45, 7) is 3.93. The molecule has 0 radical (unpaired) electrons. The molecule has 3 rings (SSSR count). The quantitative estimate of drug-likeness (QED) is 0.499. The standard InChI is InChI=1S/C24H32F2/c1-3-5-17-7-9-18(10-8-17)19-11-13-20(14-12-19)22-16-15-21(6-4-2)23(25)24(22)26/h15-20H,3,5,7-14H2,1-2H3/t17-,18-,19?,20?. The molecule has 1 aromatic rings. The van der Waals surface area contributed by atoms with Gasteiger partial charge in [0.05, 0.1) is 5.56 Å². The Balaban J connectivity index is 1.57. The Hall–Kier alpha value is -1.36. The van der Waals surface area contributed by atoms with E-state index in [2.05, 4.69) is 18.8 Å². The van der Waals surface area contributed by atoms with E-state index < -0.39 is 11.6 Å². The predicted octanol–water partition coefficient (Wildman–Crippen LogP) is 7.22. The lowest BCUT2D eigenvalue weighted by Crippen LogP contribution is -2.25. The fraction of sp³-hybridized carbons (Fsp3) is 0.667. The second-order valence-corrected chi connectivity index (χ2v) is 8.39. The van der Waals surface area contributed by atoms with Gasteiger partial charge < -0.3 is 0 Å². The third-order valence-corrected chi connectivity index (χ3v) is 6.84. The average Bonchev–Trinajstić information content (AvgIpc) is 2.67. The van der Waals surface area contributed by atoms with Crippen LogP contribution in [0.15, 0.2) is 12.1 Å². The van der Waals surface area contributed by atoms with Crippen LogP contribution in [0.3, 0.4) is 0 Å². The molecule has 1 aromatic carbocycles. The van der Waals surface area contributed by atoms with E-state index in [-0.39, 0.29) is 11.5 Å². The second-order valence-electron chi connectivity index (χ2n) is 8.39. The first-order chi connectivity index (χ1) is 12.6. The van der Waals surface area contributed by atoms with Crippen molar-refractivity contribution in [1.82, 2.24) is 0 Å². The van der Waals surface area contributed by atoms with Crippen molar-refractivity contribution in [3.8, 4) is 11.8 Å². The molecule has 0 aliphatic heterocycles. The highest BCUT2D eigenvalue weighted by Gasteiger charge is 2.32. The summed E-state index contributed by atoms with van der Waals surface area (Å²) in [5.41, 5.74) is 0.737. The van der Waals surface area contributed by atoms with E-state index >= 15 is 0 Å². The lowest BCUT2D eigenvalue weighted by Gasteiger charge is -2.38. The molecule has 0 bridgehead atoms. The Labute approximate surface area is 157 Å². The maximum atomic E-state index is 14.5. The van der Waals surface area contributed by atoms with Crippen molar-refractivity contribution in [3.63, 3.8) is 0 Å². The molecule has 0 amide bonds. The Bertz CT molecular complexity index is 651. The summed E-state index contributed by atoms with van der Waals surface area (Å²) in [6, 6.07) is 3.41. The van der Waals surface area contributed by atoms with Gasteiger partial charge >= 0.3 is 0 Å². The highest BCUT2D eigenvalue weighted by Crippen LogP contribution is 2.45. The van der Waals surface area contributed by atoms with Crippen LogP contribution in [0.4, 0.5) is 8.78 Å². The molecule has 0 heterocycles. The summed E-state index contributed by atoms with van der Waals surface area (Å²) in [6.07, 6.45) is 12.6. The number of halogens is 2. The van der Waals surface area contributed by atoms with Gasteiger partial charge in [0.1, 0.15) is 0 Å². The van der Waals surface area contributed by atoms with Crippen molar-refractivity contribution in [2.75, 3.05) is 0 Å². The first-order valence-corrected chi connectivity index (χ1v) is 10.5. The minimum absolute atomic E-state index is 0.167. The molecule has 26 heavy (non-hydrogen) atoms. The van der Waals surface area contributed by atoms with Crippen LogP contribution in [0.25, 0.3) is 0 Å². The van der Waals surface area contributed by atoms with Crippen LogP contribution < -0.4 is 0 Å². The van der Waals surface area contributed by atoms with Crippen LogP contribution >= 0.6 is 0 Å². The molecular formula is C24H32F2. The summed E-state index contributed by atoms with van der Waals surface area (Å²) in [4.78, 5) is 0. The molecule has 0 saturated heterocycles. The van der Waals surface area contributed by atoms with Crippen molar-refractivity contribution in [1.29, 1.82) is 0 Å². The monoisotopic (exact) mass is 358 g/mol. The van der Waals surface area contributed by atoms with Gasteiger partial charge in [-0.3, -0.25) is 0 Å². The Morgan fingerprint density at radius 1 is 0.885 bits per heavy atom. The first kappa shape index (κ1) is 19.4. The van der Waals surface area contributed by atoms with E-state index in [4.69, 9.17) is 0 Å². The summed E-state index contributed by atoms with van der Waals surface area (Å²) in [7, 11) is 0. The molecule has 142 valence electrons.